The van der Waals surface area contributed by atoms with Gasteiger partial charge in [0.15, 0.2) is 5.78 Å². The highest BCUT2D eigenvalue weighted by atomic mass is 16.5. The topological polar surface area (TPSA) is 47.6 Å². The summed E-state index contributed by atoms with van der Waals surface area (Å²) < 4.78 is 10.5. The molecule has 104 valence electrons. The summed E-state index contributed by atoms with van der Waals surface area (Å²) in [6, 6.07) is 5.86. The molecular formula is C15H21NO3. The fourth-order valence-electron chi connectivity index (χ4n) is 2.58. The fraction of sp³-hybridized carbons (Fsp3) is 0.533. The largest absolute Gasteiger partial charge is 0.496 e. The van der Waals surface area contributed by atoms with Crippen LogP contribution < -0.4 is 14.8 Å². The third kappa shape index (κ3) is 3.26. The van der Waals surface area contributed by atoms with Gasteiger partial charge < -0.3 is 14.8 Å². The predicted molar refractivity (Wildman–Crippen MR) is 74.1 cm³/mol. The van der Waals surface area contributed by atoms with Gasteiger partial charge in [-0.3, -0.25) is 4.79 Å². The number of hydrogen-bond acceptors (Lipinski definition) is 4. The summed E-state index contributed by atoms with van der Waals surface area (Å²) in [4.78, 5) is 12.3. The second-order valence-corrected chi connectivity index (χ2v) is 4.82. The third-order valence-electron chi connectivity index (χ3n) is 3.61. The van der Waals surface area contributed by atoms with Crippen LogP contribution in [0.1, 0.15) is 36.0 Å². The molecule has 0 amide bonds. The monoisotopic (exact) mass is 263 g/mol. The Morgan fingerprint density at radius 2 is 1.79 bits per heavy atom. The first kappa shape index (κ1) is 13.9. The van der Waals surface area contributed by atoms with Crippen LogP contribution in [0.5, 0.6) is 11.5 Å². The second-order valence-electron chi connectivity index (χ2n) is 4.82. The van der Waals surface area contributed by atoms with Crippen molar-refractivity contribution in [2.45, 2.75) is 31.7 Å². The quantitative estimate of drug-likeness (QED) is 0.801. The molecule has 1 saturated carbocycles. The van der Waals surface area contributed by atoms with Gasteiger partial charge in [-0.2, -0.15) is 0 Å². The first-order valence-corrected chi connectivity index (χ1v) is 6.74. The fourth-order valence-corrected chi connectivity index (χ4v) is 2.58. The molecule has 0 unspecified atom stereocenters. The number of hydrogen-bond donors (Lipinski definition) is 1. The second kappa shape index (κ2) is 6.57. The molecule has 0 spiro atoms. The molecule has 0 bridgehead atoms. The molecule has 2 rings (SSSR count). The summed E-state index contributed by atoms with van der Waals surface area (Å²) in [5.74, 6) is 1.15. The van der Waals surface area contributed by atoms with E-state index in [-0.39, 0.29) is 5.78 Å². The molecular weight excluding hydrogens is 242 g/mol. The Balaban J connectivity index is 2.08. The highest BCUT2D eigenvalue weighted by molar-refractivity contribution is 6.02. The van der Waals surface area contributed by atoms with Gasteiger partial charge in [-0.15, -0.1) is 0 Å². The highest BCUT2D eigenvalue weighted by Gasteiger charge is 2.20. The summed E-state index contributed by atoms with van der Waals surface area (Å²) >= 11 is 0. The molecule has 0 radical (unpaired) electrons. The molecule has 0 heterocycles. The molecule has 4 heteroatoms. The molecule has 19 heavy (non-hydrogen) atoms. The van der Waals surface area contributed by atoms with Crippen molar-refractivity contribution in [2.75, 3.05) is 20.8 Å². The van der Waals surface area contributed by atoms with Crippen molar-refractivity contribution in [1.82, 2.24) is 5.32 Å². The Kier molecular flexibility index (Phi) is 4.80. The van der Waals surface area contributed by atoms with Crippen LogP contribution in [0, 0.1) is 0 Å². The first-order valence-electron chi connectivity index (χ1n) is 6.74. The molecule has 1 aromatic carbocycles. The van der Waals surface area contributed by atoms with E-state index in [1.54, 1.807) is 26.4 Å². The van der Waals surface area contributed by atoms with Crippen LogP contribution in [0.2, 0.25) is 0 Å². The van der Waals surface area contributed by atoms with Gasteiger partial charge in [0.05, 0.1) is 20.8 Å². The van der Waals surface area contributed by atoms with E-state index in [1.165, 1.54) is 12.8 Å². The average molecular weight is 263 g/mol. The molecule has 0 saturated heterocycles. The Hall–Kier alpha value is -1.55. The van der Waals surface area contributed by atoms with E-state index in [0.29, 0.717) is 29.6 Å². The van der Waals surface area contributed by atoms with E-state index in [2.05, 4.69) is 5.32 Å². The third-order valence-corrected chi connectivity index (χ3v) is 3.61. The van der Waals surface area contributed by atoms with Gasteiger partial charge in [0.2, 0.25) is 0 Å². The van der Waals surface area contributed by atoms with Gasteiger partial charge >= 0.3 is 0 Å². The zero-order valence-electron chi connectivity index (χ0n) is 11.6. The molecule has 1 fully saturated rings. The van der Waals surface area contributed by atoms with E-state index >= 15 is 0 Å². The Morgan fingerprint density at radius 1 is 1.21 bits per heavy atom. The molecule has 1 aliphatic carbocycles. The van der Waals surface area contributed by atoms with Gasteiger partial charge in [-0.1, -0.05) is 18.9 Å². The lowest BCUT2D eigenvalue weighted by molar-refractivity contribution is 0.0981. The first-order chi connectivity index (χ1) is 9.26. The van der Waals surface area contributed by atoms with Crippen molar-refractivity contribution in [2.24, 2.45) is 0 Å². The predicted octanol–water partition coefficient (Wildman–Crippen LogP) is 2.42. The maximum absolute atomic E-state index is 12.3. The molecule has 4 nitrogen and oxygen atoms in total. The van der Waals surface area contributed by atoms with Crippen LogP contribution in [-0.2, 0) is 0 Å². The Labute approximate surface area is 114 Å². The van der Waals surface area contributed by atoms with Crippen LogP contribution in [-0.4, -0.2) is 32.6 Å². The number of methoxy groups -OCH3 is 2. The van der Waals surface area contributed by atoms with Crippen molar-refractivity contribution in [3.8, 4) is 11.5 Å². The molecule has 0 aliphatic heterocycles. The lowest BCUT2D eigenvalue weighted by atomic mass is 10.1. The van der Waals surface area contributed by atoms with Gasteiger partial charge in [0.25, 0.3) is 0 Å². The number of benzene rings is 1. The number of ketones is 1. The summed E-state index contributed by atoms with van der Waals surface area (Å²) in [6.45, 7) is 0.335. The number of carbonyl (C=O) groups is 1. The van der Waals surface area contributed by atoms with Crippen LogP contribution in [0.4, 0.5) is 0 Å². The van der Waals surface area contributed by atoms with Gasteiger partial charge in [0.1, 0.15) is 17.1 Å². The molecule has 0 aromatic heterocycles. The SMILES string of the molecule is COc1cccc(OC)c1C(=O)CNC1CCCC1. The highest BCUT2D eigenvalue weighted by Crippen LogP contribution is 2.28. The number of nitrogens with one attached hydrogen (secondary N) is 1. The van der Waals surface area contributed by atoms with Crippen molar-refractivity contribution >= 4 is 5.78 Å². The molecule has 0 atom stereocenters. The van der Waals surface area contributed by atoms with E-state index < -0.39 is 0 Å². The minimum atomic E-state index is 0.0150. The van der Waals surface area contributed by atoms with E-state index in [1.807, 2.05) is 6.07 Å². The smallest absolute Gasteiger partial charge is 0.184 e. The van der Waals surface area contributed by atoms with Crippen LogP contribution in [0.15, 0.2) is 18.2 Å². The average Bonchev–Trinajstić information content (AvgIpc) is 2.97. The summed E-state index contributed by atoms with van der Waals surface area (Å²) in [5.41, 5.74) is 0.526. The number of carbonyl (C=O) groups excluding carboxylic acids is 1. The van der Waals surface area contributed by atoms with Gasteiger partial charge in [-0.25, -0.2) is 0 Å². The Bertz CT molecular complexity index is 417. The van der Waals surface area contributed by atoms with Crippen LogP contribution >= 0.6 is 0 Å². The van der Waals surface area contributed by atoms with Gasteiger partial charge in [0, 0.05) is 6.04 Å². The molecule has 1 aromatic rings. The normalized spacial score (nSPS) is 15.5. The van der Waals surface area contributed by atoms with E-state index in [4.69, 9.17) is 9.47 Å². The van der Waals surface area contributed by atoms with Crippen LogP contribution in [0.3, 0.4) is 0 Å². The minimum absolute atomic E-state index is 0.0150. The van der Waals surface area contributed by atoms with Crippen molar-refractivity contribution < 1.29 is 14.3 Å². The molecule has 1 aliphatic rings. The van der Waals surface area contributed by atoms with Crippen molar-refractivity contribution in [3.63, 3.8) is 0 Å². The minimum Gasteiger partial charge on any atom is -0.496 e. The van der Waals surface area contributed by atoms with Crippen LogP contribution in [0.25, 0.3) is 0 Å². The van der Waals surface area contributed by atoms with E-state index in [0.717, 1.165) is 12.8 Å². The Morgan fingerprint density at radius 3 is 2.32 bits per heavy atom. The number of rotatable bonds is 6. The lowest BCUT2D eigenvalue weighted by Crippen LogP contribution is -2.31. The van der Waals surface area contributed by atoms with E-state index in [9.17, 15) is 4.79 Å². The maximum atomic E-state index is 12.3. The van der Waals surface area contributed by atoms with Gasteiger partial charge in [-0.05, 0) is 25.0 Å². The number of ether oxygens (including phenoxy) is 2. The number of Topliss-reactive ketones (excluding diaryl/α,β-unsaturated/α-hetero) is 1. The van der Waals surface area contributed by atoms with Crippen molar-refractivity contribution in [1.29, 1.82) is 0 Å². The maximum Gasteiger partial charge on any atom is 0.184 e. The zero-order chi connectivity index (χ0) is 13.7. The summed E-state index contributed by atoms with van der Waals surface area (Å²) in [7, 11) is 3.13. The summed E-state index contributed by atoms with van der Waals surface area (Å²) in [6.07, 6.45) is 4.83. The lowest BCUT2D eigenvalue weighted by Gasteiger charge is -2.14. The van der Waals surface area contributed by atoms with Crippen molar-refractivity contribution in [3.05, 3.63) is 23.8 Å². The molecule has 1 N–H and O–H groups in total. The zero-order valence-corrected chi connectivity index (χ0v) is 11.6. The standard InChI is InChI=1S/C15H21NO3/c1-18-13-8-5-9-14(19-2)15(13)12(17)10-16-11-6-3-4-7-11/h5,8-9,11,16H,3-4,6-7,10H2,1-2H3. The summed E-state index contributed by atoms with van der Waals surface area (Å²) in [5, 5.41) is 3.32.